The van der Waals surface area contributed by atoms with Crippen LogP contribution in [0.1, 0.15) is 52.4 Å². The third kappa shape index (κ3) is 7.45. The van der Waals surface area contributed by atoms with Gasteiger partial charge in [-0.25, -0.2) is 21.6 Å². The van der Waals surface area contributed by atoms with Gasteiger partial charge in [0.25, 0.3) is 5.92 Å². The number of piperidine rings is 1. The lowest BCUT2D eigenvalue weighted by molar-refractivity contribution is -0.0438. The number of rotatable bonds is 11. The van der Waals surface area contributed by atoms with Gasteiger partial charge in [-0.3, -0.25) is 4.90 Å². The molecule has 0 aromatic heterocycles. The Labute approximate surface area is 178 Å². The lowest BCUT2D eigenvalue weighted by Crippen LogP contribution is -2.42. The predicted octanol–water partition coefficient (Wildman–Crippen LogP) is 5.17. The predicted molar refractivity (Wildman–Crippen MR) is 112 cm³/mol. The van der Waals surface area contributed by atoms with E-state index in [0.29, 0.717) is 24.2 Å². The maximum absolute atomic E-state index is 13.9. The minimum absolute atomic E-state index is 0.120. The number of hydrogen-bond donors (Lipinski definition) is 0. The van der Waals surface area contributed by atoms with E-state index in [1.54, 1.807) is 0 Å². The van der Waals surface area contributed by atoms with Crippen LogP contribution in [-0.4, -0.2) is 51.7 Å². The van der Waals surface area contributed by atoms with Crippen molar-refractivity contribution < 1.29 is 26.3 Å². The number of benzene rings is 1. The van der Waals surface area contributed by atoms with Crippen molar-refractivity contribution in [3.63, 3.8) is 0 Å². The molecule has 0 unspecified atom stereocenters. The molecule has 0 radical (unpaired) electrons. The van der Waals surface area contributed by atoms with E-state index < -0.39 is 21.6 Å². The van der Waals surface area contributed by atoms with Crippen LogP contribution in [-0.2, 0) is 9.84 Å². The fourth-order valence-corrected chi connectivity index (χ4v) is 4.93. The number of hydrogen-bond acceptors (Lipinski definition) is 4. The normalized spacial score (nSPS) is 17.8. The molecule has 0 N–H and O–H groups in total. The van der Waals surface area contributed by atoms with Crippen LogP contribution in [0.25, 0.3) is 0 Å². The van der Waals surface area contributed by atoms with Gasteiger partial charge in [0, 0.05) is 18.7 Å². The van der Waals surface area contributed by atoms with Crippen LogP contribution in [0.5, 0.6) is 5.75 Å². The molecule has 1 aromatic carbocycles. The molecular formula is C22H34F3NO3S. The molecule has 0 amide bonds. The summed E-state index contributed by atoms with van der Waals surface area (Å²) in [6.07, 6.45) is 5.54. The first kappa shape index (κ1) is 25.0. The lowest BCUT2D eigenvalue weighted by atomic mass is 9.80. The first-order valence-corrected chi connectivity index (χ1v) is 12.7. The van der Waals surface area contributed by atoms with Crippen LogP contribution in [0.4, 0.5) is 13.2 Å². The molecule has 1 aliphatic rings. The first-order valence-electron chi connectivity index (χ1n) is 10.8. The van der Waals surface area contributed by atoms with Gasteiger partial charge in [0.15, 0.2) is 9.84 Å². The third-order valence-electron chi connectivity index (χ3n) is 6.09. The van der Waals surface area contributed by atoms with Crippen LogP contribution < -0.4 is 4.74 Å². The van der Waals surface area contributed by atoms with Crippen molar-refractivity contribution >= 4 is 9.84 Å². The second-order valence-electron chi connectivity index (χ2n) is 8.35. The summed E-state index contributed by atoms with van der Waals surface area (Å²) in [5.41, 5.74) is 0. The van der Waals surface area contributed by atoms with Crippen molar-refractivity contribution in [2.24, 2.45) is 11.8 Å². The molecule has 2 rings (SSSR count). The Morgan fingerprint density at radius 3 is 2.43 bits per heavy atom. The molecule has 1 saturated heterocycles. The Morgan fingerprint density at radius 1 is 1.23 bits per heavy atom. The zero-order valence-electron chi connectivity index (χ0n) is 18.2. The first-order chi connectivity index (χ1) is 14.1. The van der Waals surface area contributed by atoms with E-state index >= 15 is 0 Å². The zero-order chi connectivity index (χ0) is 22.4. The Bertz CT molecular complexity index is 778. The fraction of sp³-hybridized carbons (Fsp3) is 0.727. The topological polar surface area (TPSA) is 46.6 Å². The van der Waals surface area contributed by atoms with Crippen molar-refractivity contribution in [2.45, 2.75) is 63.2 Å². The Balaban J connectivity index is 1.76. The van der Waals surface area contributed by atoms with Crippen molar-refractivity contribution in [1.29, 1.82) is 0 Å². The molecule has 1 aliphatic heterocycles. The van der Waals surface area contributed by atoms with Gasteiger partial charge in [-0.05, 0) is 62.7 Å². The summed E-state index contributed by atoms with van der Waals surface area (Å²) in [6.45, 7) is 5.41. The molecule has 4 nitrogen and oxygen atoms in total. The highest BCUT2D eigenvalue weighted by Crippen LogP contribution is 2.32. The maximum atomic E-state index is 13.9. The highest BCUT2D eigenvalue weighted by molar-refractivity contribution is 7.90. The molecule has 0 saturated carbocycles. The fourth-order valence-electron chi connectivity index (χ4n) is 4.20. The van der Waals surface area contributed by atoms with E-state index in [-0.39, 0.29) is 17.9 Å². The summed E-state index contributed by atoms with van der Waals surface area (Å²) >= 11 is 0. The van der Waals surface area contributed by atoms with Gasteiger partial charge in [-0.2, -0.15) is 0 Å². The number of nitrogens with zero attached hydrogens (tertiary/aromatic N) is 1. The van der Waals surface area contributed by atoms with E-state index in [9.17, 15) is 21.6 Å². The average Bonchev–Trinajstić information content (AvgIpc) is 2.68. The van der Waals surface area contributed by atoms with E-state index in [1.165, 1.54) is 19.1 Å². The largest absolute Gasteiger partial charge is 0.493 e. The summed E-state index contributed by atoms with van der Waals surface area (Å²) in [7, 11) is -3.59. The van der Waals surface area contributed by atoms with E-state index in [2.05, 4.69) is 6.92 Å². The van der Waals surface area contributed by atoms with E-state index in [0.717, 1.165) is 57.5 Å². The van der Waals surface area contributed by atoms with E-state index in [4.69, 9.17) is 4.74 Å². The molecule has 1 aromatic rings. The van der Waals surface area contributed by atoms with Crippen LogP contribution in [0.2, 0.25) is 0 Å². The van der Waals surface area contributed by atoms with Gasteiger partial charge < -0.3 is 4.74 Å². The number of ether oxygens (including phenoxy) is 1. The smallest absolute Gasteiger partial charge is 0.260 e. The minimum atomic E-state index is -3.59. The average molecular weight is 450 g/mol. The quantitative estimate of drug-likeness (QED) is 0.437. The maximum Gasteiger partial charge on any atom is 0.260 e. The van der Waals surface area contributed by atoms with Gasteiger partial charge >= 0.3 is 0 Å². The molecule has 8 heteroatoms. The Kier molecular flexibility index (Phi) is 9.03. The second-order valence-corrected chi connectivity index (χ2v) is 10.3. The highest BCUT2D eigenvalue weighted by atomic mass is 32.2. The molecule has 0 bridgehead atoms. The van der Waals surface area contributed by atoms with E-state index in [1.807, 2.05) is 4.90 Å². The molecule has 172 valence electrons. The molecular weight excluding hydrogens is 415 g/mol. The molecule has 30 heavy (non-hydrogen) atoms. The number of alkyl halides is 2. The van der Waals surface area contributed by atoms with Crippen molar-refractivity contribution in [1.82, 2.24) is 4.90 Å². The molecule has 1 atom stereocenters. The number of sulfone groups is 1. The molecule has 0 spiro atoms. The zero-order valence-corrected chi connectivity index (χ0v) is 19.0. The van der Waals surface area contributed by atoms with Crippen molar-refractivity contribution in [2.75, 3.05) is 32.5 Å². The van der Waals surface area contributed by atoms with Gasteiger partial charge in [-0.15, -0.1) is 0 Å². The lowest BCUT2D eigenvalue weighted by Gasteiger charge is -2.37. The van der Waals surface area contributed by atoms with Crippen LogP contribution in [0, 0.1) is 17.7 Å². The van der Waals surface area contributed by atoms with Gasteiger partial charge in [-0.1, -0.05) is 20.3 Å². The standard InChI is InChI=1S/C22H34F3NO3S/c1-4-17(18-10-12-26(13-11-18)16-22(24,25)5-2)7-6-14-29-19-8-9-21(20(23)15-19)30(3,27)28/h8-9,15,17-18H,4-7,10-14,16H2,1-3H3/t17-/m0/s1. The monoisotopic (exact) mass is 449 g/mol. The Morgan fingerprint density at radius 2 is 1.90 bits per heavy atom. The summed E-state index contributed by atoms with van der Waals surface area (Å²) in [5.74, 6) is -2.03. The number of likely N-dealkylation sites (tertiary alicyclic amines) is 1. The summed E-state index contributed by atoms with van der Waals surface area (Å²) in [5, 5.41) is 0. The summed E-state index contributed by atoms with van der Waals surface area (Å²) < 4.78 is 69.7. The minimum Gasteiger partial charge on any atom is -0.493 e. The number of halogens is 3. The molecule has 0 aliphatic carbocycles. The van der Waals surface area contributed by atoms with Crippen molar-refractivity contribution in [3.8, 4) is 5.75 Å². The summed E-state index contributed by atoms with van der Waals surface area (Å²) in [6, 6.07) is 3.80. The van der Waals surface area contributed by atoms with Crippen LogP contribution in [0.3, 0.4) is 0 Å². The SMILES string of the molecule is CC[C@@H](CCCOc1ccc(S(C)(=O)=O)c(F)c1)C1CCN(CC(F)(F)CC)CC1. The summed E-state index contributed by atoms with van der Waals surface area (Å²) in [4.78, 5) is 1.55. The molecule has 1 fully saturated rings. The van der Waals surface area contributed by atoms with Crippen LogP contribution in [0.15, 0.2) is 23.1 Å². The van der Waals surface area contributed by atoms with Crippen LogP contribution >= 0.6 is 0 Å². The highest BCUT2D eigenvalue weighted by Gasteiger charge is 2.32. The molecule has 1 heterocycles. The Hall–Kier alpha value is -1.28. The van der Waals surface area contributed by atoms with Crippen molar-refractivity contribution in [3.05, 3.63) is 24.0 Å². The second kappa shape index (κ2) is 10.8. The third-order valence-corrected chi connectivity index (χ3v) is 7.22. The van der Waals surface area contributed by atoms with Gasteiger partial charge in [0.05, 0.1) is 13.2 Å². The van der Waals surface area contributed by atoms with Gasteiger partial charge in [0.1, 0.15) is 16.5 Å². The van der Waals surface area contributed by atoms with Gasteiger partial charge in [0.2, 0.25) is 0 Å².